The maximum absolute atomic E-state index is 12.2. The Bertz CT molecular complexity index is 1260. The lowest BCUT2D eigenvalue weighted by atomic mass is 10.2. The molecule has 0 saturated carbocycles. The number of thiophene rings is 1. The van der Waals surface area contributed by atoms with Gasteiger partial charge in [0.1, 0.15) is 12.2 Å². The third-order valence-electron chi connectivity index (χ3n) is 4.24. The van der Waals surface area contributed by atoms with E-state index in [0.717, 1.165) is 4.88 Å². The number of nitrogens with zero attached hydrogens (tertiary/aromatic N) is 3. The molecule has 3 rings (SSSR count). The fourth-order valence-electron chi connectivity index (χ4n) is 2.81. The summed E-state index contributed by atoms with van der Waals surface area (Å²) in [5, 5.41) is 5.00. The number of esters is 1. The van der Waals surface area contributed by atoms with Crippen molar-refractivity contribution >= 4 is 45.6 Å². The van der Waals surface area contributed by atoms with Crippen molar-refractivity contribution in [3.8, 4) is 16.3 Å². The number of amides is 1. The maximum atomic E-state index is 12.2. The van der Waals surface area contributed by atoms with Crippen molar-refractivity contribution in [3.05, 3.63) is 48.0 Å². The van der Waals surface area contributed by atoms with Crippen LogP contribution in [0, 0.1) is 0 Å². The minimum absolute atomic E-state index is 0.0728. The van der Waals surface area contributed by atoms with Gasteiger partial charge in [-0.3, -0.25) is 9.16 Å². The smallest absolute Gasteiger partial charge is 0.410 e. The minimum atomic E-state index is -1.87. The van der Waals surface area contributed by atoms with Gasteiger partial charge in [0, 0.05) is 16.8 Å². The summed E-state index contributed by atoms with van der Waals surface area (Å²) in [5.41, 5.74) is 0.752. The monoisotopic (exact) mass is 531 g/mol. The maximum Gasteiger partial charge on any atom is 0.410 e. The van der Waals surface area contributed by atoms with Crippen LogP contribution in [0.5, 0.6) is 5.88 Å². The Morgan fingerprint density at radius 2 is 1.92 bits per heavy atom. The van der Waals surface area contributed by atoms with Crippen molar-refractivity contribution in [1.29, 1.82) is 0 Å². The fourth-order valence-corrected chi connectivity index (χ4v) is 4.21. The molecule has 0 aliphatic heterocycles. The van der Waals surface area contributed by atoms with E-state index >= 15 is 0 Å². The second-order valence-corrected chi connectivity index (χ2v) is 10.4. The molecule has 0 atom stereocenters. The van der Waals surface area contributed by atoms with E-state index in [4.69, 9.17) is 9.47 Å². The van der Waals surface area contributed by atoms with E-state index in [-0.39, 0.29) is 31.6 Å². The largest absolute Gasteiger partial charge is 0.476 e. The highest BCUT2D eigenvalue weighted by Crippen LogP contribution is 2.32. The number of ether oxygens (including phenoxy) is 3. The van der Waals surface area contributed by atoms with Crippen LogP contribution in [0.1, 0.15) is 34.1 Å². The Hall–Kier alpha value is -3.51. The van der Waals surface area contributed by atoms with Crippen LogP contribution in [-0.4, -0.2) is 40.8 Å². The van der Waals surface area contributed by atoms with Crippen LogP contribution >= 0.6 is 11.3 Å². The van der Waals surface area contributed by atoms with Gasteiger partial charge < -0.3 is 23.7 Å². The number of rotatable bonds is 9. The molecule has 0 aliphatic carbocycles. The molecule has 192 valence electrons. The Kier molecular flexibility index (Phi) is 9.37. The molecular formula is C24H27N4O6S2-. The van der Waals surface area contributed by atoms with E-state index in [1.807, 2.05) is 38.3 Å². The van der Waals surface area contributed by atoms with Gasteiger partial charge >= 0.3 is 12.1 Å². The molecule has 1 amide bonds. The first-order valence-corrected chi connectivity index (χ1v) is 13.1. The lowest BCUT2D eigenvalue weighted by molar-refractivity contribution is -0.155. The van der Waals surface area contributed by atoms with Crippen molar-refractivity contribution in [2.24, 2.45) is 4.36 Å². The summed E-state index contributed by atoms with van der Waals surface area (Å²) in [6.07, 6.45) is 0.839. The number of hydrogen-bond acceptors (Lipinski definition) is 11. The van der Waals surface area contributed by atoms with Crippen LogP contribution in [-0.2, 0) is 29.1 Å². The third-order valence-corrected chi connectivity index (χ3v) is 6.14. The highest BCUT2D eigenvalue weighted by molar-refractivity contribution is 7.75. The van der Waals surface area contributed by atoms with Gasteiger partial charge in [0.05, 0.1) is 18.6 Å². The molecule has 0 aliphatic rings. The molecule has 0 saturated heterocycles. The lowest BCUT2D eigenvalue weighted by Crippen LogP contribution is -2.24. The van der Waals surface area contributed by atoms with Crippen LogP contribution in [0.4, 0.5) is 16.4 Å². The van der Waals surface area contributed by atoms with E-state index in [2.05, 4.69) is 24.4 Å². The number of carbonyl (C=O) groups is 2. The molecule has 0 radical (unpaired) electrons. The summed E-state index contributed by atoms with van der Waals surface area (Å²) < 4.78 is 31.5. The molecule has 1 N–H and O–H groups in total. The van der Waals surface area contributed by atoms with Crippen molar-refractivity contribution in [1.82, 2.24) is 9.97 Å². The van der Waals surface area contributed by atoms with Crippen LogP contribution in [0.15, 0.2) is 57.2 Å². The van der Waals surface area contributed by atoms with Crippen molar-refractivity contribution in [2.75, 3.05) is 18.5 Å². The molecule has 12 heteroatoms. The Labute approximate surface area is 215 Å². The van der Waals surface area contributed by atoms with Gasteiger partial charge in [0.15, 0.2) is 0 Å². The summed E-state index contributed by atoms with van der Waals surface area (Å²) >= 11 is 1.52. The second-order valence-electron chi connectivity index (χ2n) is 8.26. The number of hydrogen-bond donors (Lipinski definition) is 1. The highest BCUT2D eigenvalue weighted by atomic mass is 32.2. The SMILES string of the molecule is CCOC(=O)N=[S-](=O)c1ccc(Nc2ncc(-c3cccs3)c(OCCC(=O)OC(C)(C)C)n2)cc1. The molecule has 36 heavy (non-hydrogen) atoms. The Morgan fingerprint density at radius 3 is 2.56 bits per heavy atom. The molecule has 10 nitrogen and oxygen atoms in total. The minimum Gasteiger partial charge on any atom is -0.476 e. The summed E-state index contributed by atoms with van der Waals surface area (Å²) in [6.45, 7) is 7.31. The number of nitrogens with one attached hydrogen (secondary N) is 1. The molecule has 2 heterocycles. The quantitative estimate of drug-likeness (QED) is 0.272. The molecule has 0 fully saturated rings. The standard InChI is InChI=1S/C24H27N4O6S2/c1-5-32-23(30)28-36(31)17-10-8-16(9-11-17)26-22-25-15-18(19-7-6-14-35-19)21(27-22)33-13-12-20(29)34-24(2,3)4/h6-11,14-15H,5,12-13H2,1-4H3,(H,25,26,27)/q-1. The van der Waals surface area contributed by atoms with E-state index in [1.54, 1.807) is 37.4 Å². The first kappa shape index (κ1) is 27.1. The summed E-state index contributed by atoms with van der Waals surface area (Å²) in [6, 6.07) is 10.3. The number of benzene rings is 1. The first-order valence-electron chi connectivity index (χ1n) is 11.1. The zero-order valence-electron chi connectivity index (χ0n) is 20.3. The van der Waals surface area contributed by atoms with Gasteiger partial charge in [-0.15, -0.1) is 21.9 Å². The average molecular weight is 532 g/mol. The Morgan fingerprint density at radius 1 is 1.17 bits per heavy atom. The van der Waals surface area contributed by atoms with E-state index in [0.29, 0.717) is 22.0 Å². The lowest BCUT2D eigenvalue weighted by Gasteiger charge is -2.19. The number of aromatic nitrogens is 2. The normalized spacial score (nSPS) is 12.1. The van der Waals surface area contributed by atoms with E-state index < -0.39 is 22.3 Å². The van der Waals surface area contributed by atoms with Crippen LogP contribution < -0.4 is 10.1 Å². The predicted octanol–water partition coefficient (Wildman–Crippen LogP) is 5.72. The van der Waals surface area contributed by atoms with Gasteiger partial charge in [-0.25, -0.2) is 9.78 Å². The van der Waals surface area contributed by atoms with Crippen molar-refractivity contribution in [3.63, 3.8) is 0 Å². The number of carbonyl (C=O) groups excluding carboxylic acids is 2. The predicted molar refractivity (Wildman–Crippen MR) is 137 cm³/mol. The van der Waals surface area contributed by atoms with Gasteiger partial charge in [-0.1, -0.05) is 23.1 Å². The van der Waals surface area contributed by atoms with E-state index in [9.17, 15) is 13.8 Å². The summed E-state index contributed by atoms with van der Waals surface area (Å²) in [7, 11) is -1.87. The highest BCUT2D eigenvalue weighted by Gasteiger charge is 2.17. The van der Waals surface area contributed by atoms with E-state index in [1.165, 1.54) is 11.3 Å². The van der Waals surface area contributed by atoms with Crippen LogP contribution in [0.25, 0.3) is 10.4 Å². The number of anilines is 2. The van der Waals surface area contributed by atoms with Gasteiger partial charge in [0.25, 0.3) is 0 Å². The average Bonchev–Trinajstić information content (AvgIpc) is 3.33. The molecule has 0 unspecified atom stereocenters. The topological polar surface area (TPSA) is 129 Å². The third kappa shape index (κ3) is 8.31. The molecule has 2 aromatic heterocycles. The molecule has 3 aromatic rings. The fraction of sp³-hybridized carbons (Fsp3) is 0.333. The van der Waals surface area contributed by atoms with Crippen molar-refractivity contribution in [2.45, 2.75) is 44.6 Å². The van der Waals surface area contributed by atoms with Crippen LogP contribution in [0.3, 0.4) is 0 Å². The molecular weight excluding hydrogens is 504 g/mol. The molecule has 1 aromatic carbocycles. The molecule has 0 bridgehead atoms. The zero-order chi connectivity index (χ0) is 26.1. The first-order chi connectivity index (χ1) is 17.1. The van der Waals surface area contributed by atoms with Crippen molar-refractivity contribution < 1.29 is 28.0 Å². The summed E-state index contributed by atoms with van der Waals surface area (Å²) in [4.78, 5) is 33.6. The van der Waals surface area contributed by atoms with Crippen LogP contribution in [0.2, 0.25) is 0 Å². The Balaban J connectivity index is 1.73. The molecule has 0 spiro atoms. The summed E-state index contributed by atoms with van der Waals surface area (Å²) in [5.74, 6) is 0.233. The van der Waals surface area contributed by atoms with Gasteiger partial charge in [0.2, 0.25) is 11.8 Å². The van der Waals surface area contributed by atoms with Gasteiger partial charge in [-0.05, 0) is 51.3 Å². The second kappa shape index (κ2) is 12.5. The van der Waals surface area contributed by atoms with Gasteiger partial charge in [-0.2, -0.15) is 4.98 Å². The zero-order valence-corrected chi connectivity index (χ0v) is 22.0.